The molecule has 0 radical (unpaired) electrons. The zero-order valence-electron chi connectivity index (χ0n) is 13.6. The second-order valence-electron chi connectivity index (χ2n) is 5.55. The SMILES string of the molecule is Cc1cc(NC(=O)CNC(=O)c2ccc3c(c2)OCCO3)ccc1Br. The van der Waals surface area contributed by atoms with E-state index >= 15 is 0 Å². The van der Waals surface area contributed by atoms with E-state index in [1.807, 2.05) is 19.1 Å². The highest BCUT2D eigenvalue weighted by atomic mass is 79.9. The Morgan fingerprint density at radius 1 is 1.08 bits per heavy atom. The minimum absolute atomic E-state index is 0.123. The second-order valence-corrected chi connectivity index (χ2v) is 6.41. The Labute approximate surface area is 153 Å². The Balaban J connectivity index is 1.56. The fraction of sp³-hybridized carbons (Fsp3) is 0.222. The van der Waals surface area contributed by atoms with Gasteiger partial charge in [0.2, 0.25) is 5.91 Å². The lowest BCUT2D eigenvalue weighted by Crippen LogP contribution is -2.33. The molecule has 2 aromatic rings. The number of ether oxygens (including phenoxy) is 2. The highest BCUT2D eigenvalue weighted by Crippen LogP contribution is 2.30. The first-order valence-electron chi connectivity index (χ1n) is 7.77. The molecule has 0 saturated heterocycles. The number of benzene rings is 2. The van der Waals surface area contributed by atoms with Crippen LogP contribution in [0.15, 0.2) is 40.9 Å². The molecule has 1 aliphatic heterocycles. The van der Waals surface area contributed by atoms with Crippen LogP contribution in [0, 0.1) is 6.92 Å². The maximum atomic E-state index is 12.2. The third kappa shape index (κ3) is 4.30. The highest BCUT2D eigenvalue weighted by Gasteiger charge is 2.15. The van der Waals surface area contributed by atoms with E-state index in [0.29, 0.717) is 36.0 Å². The van der Waals surface area contributed by atoms with Crippen LogP contribution >= 0.6 is 15.9 Å². The lowest BCUT2D eigenvalue weighted by atomic mass is 10.2. The number of carbonyl (C=O) groups excluding carboxylic acids is 2. The van der Waals surface area contributed by atoms with E-state index in [9.17, 15) is 9.59 Å². The molecule has 0 aromatic heterocycles. The summed E-state index contributed by atoms with van der Waals surface area (Å²) in [6, 6.07) is 10.4. The van der Waals surface area contributed by atoms with Crippen molar-refractivity contribution in [1.29, 1.82) is 0 Å². The van der Waals surface area contributed by atoms with Gasteiger partial charge < -0.3 is 20.1 Å². The van der Waals surface area contributed by atoms with Crippen LogP contribution < -0.4 is 20.1 Å². The predicted molar refractivity (Wildman–Crippen MR) is 97.3 cm³/mol. The van der Waals surface area contributed by atoms with Gasteiger partial charge >= 0.3 is 0 Å². The van der Waals surface area contributed by atoms with Gasteiger partial charge in [-0.15, -0.1) is 0 Å². The monoisotopic (exact) mass is 404 g/mol. The zero-order valence-corrected chi connectivity index (χ0v) is 15.2. The number of carbonyl (C=O) groups is 2. The van der Waals surface area contributed by atoms with Crippen LogP contribution in [0.1, 0.15) is 15.9 Å². The van der Waals surface area contributed by atoms with Gasteiger partial charge in [-0.3, -0.25) is 9.59 Å². The van der Waals surface area contributed by atoms with Gasteiger partial charge in [-0.1, -0.05) is 15.9 Å². The average Bonchev–Trinajstić information content (AvgIpc) is 2.62. The fourth-order valence-corrected chi connectivity index (χ4v) is 2.62. The van der Waals surface area contributed by atoms with Crippen molar-refractivity contribution in [2.24, 2.45) is 0 Å². The molecular formula is C18H17BrN2O4. The minimum atomic E-state index is -0.348. The van der Waals surface area contributed by atoms with E-state index < -0.39 is 0 Å². The number of rotatable bonds is 4. The molecule has 0 fully saturated rings. The summed E-state index contributed by atoms with van der Waals surface area (Å²) in [4.78, 5) is 24.2. The Hall–Kier alpha value is -2.54. The molecule has 25 heavy (non-hydrogen) atoms. The number of halogens is 1. The second kappa shape index (κ2) is 7.57. The normalized spacial score (nSPS) is 12.4. The van der Waals surface area contributed by atoms with Gasteiger partial charge in [0.1, 0.15) is 13.2 Å². The molecule has 1 aliphatic rings. The number of hydrogen-bond donors (Lipinski definition) is 2. The fourth-order valence-electron chi connectivity index (χ4n) is 2.37. The lowest BCUT2D eigenvalue weighted by Gasteiger charge is -2.18. The Morgan fingerprint density at radius 2 is 1.84 bits per heavy atom. The van der Waals surface area contributed by atoms with Crippen molar-refractivity contribution < 1.29 is 19.1 Å². The van der Waals surface area contributed by atoms with Crippen LogP contribution in [0.4, 0.5) is 5.69 Å². The molecule has 7 heteroatoms. The molecule has 1 heterocycles. The van der Waals surface area contributed by atoms with Crippen LogP contribution in [-0.4, -0.2) is 31.6 Å². The summed E-state index contributed by atoms with van der Waals surface area (Å²) >= 11 is 3.41. The molecule has 0 bridgehead atoms. The lowest BCUT2D eigenvalue weighted by molar-refractivity contribution is -0.115. The van der Waals surface area contributed by atoms with Gasteiger partial charge in [0, 0.05) is 15.7 Å². The number of aryl methyl sites for hydroxylation is 1. The summed E-state index contributed by atoms with van der Waals surface area (Å²) in [5.74, 6) is 0.506. The van der Waals surface area contributed by atoms with E-state index in [1.165, 1.54) is 0 Å². The third-order valence-corrected chi connectivity index (χ3v) is 4.55. The molecule has 0 unspecified atom stereocenters. The molecule has 2 amide bonds. The van der Waals surface area contributed by atoms with Gasteiger partial charge in [0.15, 0.2) is 11.5 Å². The van der Waals surface area contributed by atoms with E-state index in [-0.39, 0.29) is 18.4 Å². The van der Waals surface area contributed by atoms with Crippen LogP contribution in [0.3, 0.4) is 0 Å². The molecule has 130 valence electrons. The topological polar surface area (TPSA) is 76.7 Å². The molecule has 0 spiro atoms. The summed E-state index contributed by atoms with van der Waals surface area (Å²) in [6.07, 6.45) is 0. The summed E-state index contributed by atoms with van der Waals surface area (Å²) < 4.78 is 11.8. The minimum Gasteiger partial charge on any atom is -0.486 e. The van der Waals surface area contributed by atoms with E-state index in [0.717, 1.165) is 10.0 Å². The van der Waals surface area contributed by atoms with Crippen molar-refractivity contribution in [2.75, 3.05) is 25.1 Å². The first-order valence-corrected chi connectivity index (χ1v) is 8.56. The number of anilines is 1. The van der Waals surface area contributed by atoms with Gasteiger partial charge in [0.25, 0.3) is 5.91 Å². The van der Waals surface area contributed by atoms with Crippen molar-refractivity contribution in [1.82, 2.24) is 5.32 Å². The van der Waals surface area contributed by atoms with Crippen molar-refractivity contribution >= 4 is 33.4 Å². The Bertz CT molecular complexity index is 823. The molecule has 0 aliphatic carbocycles. The summed E-state index contributed by atoms with van der Waals surface area (Å²) in [6.45, 7) is 2.76. The van der Waals surface area contributed by atoms with E-state index in [1.54, 1.807) is 24.3 Å². The molecule has 0 saturated carbocycles. The summed E-state index contributed by atoms with van der Waals surface area (Å²) in [5, 5.41) is 5.34. The molecular weight excluding hydrogens is 388 g/mol. The van der Waals surface area contributed by atoms with Crippen LogP contribution in [-0.2, 0) is 4.79 Å². The van der Waals surface area contributed by atoms with Crippen LogP contribution in [0.2, 0.25) is 0 Å². The van der Waals surface area contributed by atoms with Crippen molar-refractivity contribution in [3.8, 4) is 11.5 Å². The molecule has 2 aromatic carbocycles. The van der Waals surface area contributed by atoms with E-state index in [4.69, 9.17) is 9.47 Å². The third-order valence-electron chi connectivity index (χ3n) is 3.66. The number of amides is 2. The van der Waals surface area contributed by atoms with Crippen LogP contribution in [0.5, 0.6) is 11.5 Å². The average molecular weight is 405 g/mol. The quantitative estimate of drug-likeness (QED) is 0.821. The maximum absolute atomic E-state index is 12.2. The van der Waals surface area contributed by atoms with E-state index in [2.05, 4.69) is 26.6 Å². The summed E-state index contributed by atoms with van der Waals surface area (Å²) in [7, 11) is 0. The van der Waals surface area contributed by atoms with Gasteiger partial charge in [-0.05, 0) is 48.9 Å². The van der Waals surface area contributed by atoms with Crippen molar-refractivity contribution in [3.63, 3.8) is 0 Å². The predicted octanol–water partition coefficient (Wildman–Crippen LogP) is 2.90. The highest BCUT2D eigenvalue weighted by molar-refractivity contribution is 9.10. The number of fused-ring (bicyclic) bond motifs is 1. The maximum Gasteiger partial charge on any atom is 0.251 e. The largest absolute Gasteiger partial charge is 0.486 e. The number of nitrogens with one attached hydrogen (secondary N) is 2. The summed E-state index contributed by atoms with van der Waals surface area (Å²) in [5.41, 5.74) is 2.11. The van der Waals surface area contributed by atoms with Crippen LogP contribution in [0.25, 0.3) is 0 Å². The van der Waals surface area contributed by atoms with Crippen molar-refractivity contribution in [3.05, 3.63) is 52.0 Å². The molecule has 6 nitrogen and oxygen atoms in total. The Kier molecular flexibility index (Phi) is 5.23. The smallest absolute Gasteiger partial charge is 0.251 e. The first-order chi connectivity index (χ1) is 12.0. The van der Waals surface area contributed by atoms with Gasteiger partial charge in [-0.25, -0.2) is 0 Å². The zero-order chi connectivity index (χ0) is 17.8. The van der Waals surface area contributed by atoms with Gasteiger partial charge in [-0.2, -0.15) is 0 Å². The van der Waals surface area contributed by atoms with Crippen molar-refractivity contribution in [2.45, 2.75) is 6.92 Å². The number of hydrogen-bond acceptors (Lipinski definition) is 4. The Morgan fingerprint density at radius 3 is 2.60 bits per heavy atom. The molecule has 0 atom stereocenters. The first kappa shape index (κ1) is 17.3. The molecule has 3 rings (SSSR count). The molecule has 2 N–H and O–H groups in total. The standard InChI is InChI=1S/C18H17BrN2O4/c1-11-8-13(3-4-14(11)19)21-17(22)10-20-18(23)12-2-5-15-16(9-12)25-7-6-24-15/h2-5,8-9H,6-7,10H2,1H3,(H,20,23)(H,21,22). The van der Waals surface area contributed by atoms with Gasteiger partial charge in [0.05, 0.1) is 6.54 Å².